The summed E-state index contributed by atoms with van der Waals surface area (Å²) in [5, 5.41) is 0. The van der Waals surface area contributed by atoms with Gasteiger partial charge in [0.1, 0.15) is 0 Å². The molecule has 3 heterocycles. The third-order valence-electron chi connectivity index (χ3n) is 5.36. The molecule has 0 radical (unpaired) electrons. The van der Waals surface area contributed by atoms with Crippen LogP contribution in [0.15, 0.2) is 59.9 Å². The van der Waals surface area contributed by atoms with Crippen molar-refractivity contribution in [3.05, 3.63) is 71.1 Å². The van der Waals surface area contributed by atoms with Gasteiger partial charge in [-0.3, -0.25) is 4.90 Å². The summed E-state index contributed by atoms with van der Waals surface area (Å²) in [5.41, 5.74) is 8.66. The lowest BCUT2D eigenvalue weighted by atomic mass is 10.1. The second kappa shape index (κ2) is 4.87. The minimum atomic E-state index is 0.978. The van der Waals surface area contributed by atoms with Gasteiger partial charge in [-0.05, 0) is 30.3 Å². The zero-order chi connectivity index (χ0) is 15.4. The Labute approximate surface area is 137 Å². The SMILES string of the molecule is CN1CCN2C(=C3Cc4ccccc4N3Cc3ccccc32)C1. The summed E-state index contributed by atoms with van der Waals surface area (Å²) in [7, 11) is 2.23. The minimum absolute atomic E-state index is 0.978. The summed E-state index contributed by atoms with van der Waals surface area (Å²) in [4.78, 5) is 7.55. The zero-order valence-corrected chi connectivity index (χ0v) is 13.5. The molecule has 2 aromatic carbocycles. The number of fused-ring (bicyclic) bond motifs is 6. The number of rotatable bonds is 0. The van der Waals surface area contributed by atoms with E-state index in [0.29, 0.717) is 0 Å². The number of allylic oxidation sites excluding steroid dienone is 1. The number of piperazine rings is 1. The molecule has 3 aliphatic rings. The lowest BCUT2D eigenvalue weighted by Gasteiger charge is -2.37. The van der Waals surface area contributed by atoms with E-state index in [1.807, 2.05) is 0 Å². The molecule has 5 rings (SSSR count). The van der Waals surface area contributed by atoms with E-state index < -0.39 is 0 Å². The highest BCUT2D eigenvalue weighted by Crippen LogP contribution is 2.42. The van der Waals surface area contributed by atoms with Gasteiger partial charge >= 0.3 is 0 Å². The van der Waals surface area contributed by atoms with E-state index >= 15 is 0 Å². The van der Waals surface area contributed by atoms with Crippen molar-refractivity contribution in [2.45, 2.75) is 13.0 Å². The van der Waals surface area contributed by atoms with Crippen LogP contribution < -0.4 is 9.80 Å². The topological polar surface area (TPSA) is 9.72 Å². The highest BCUT2D eigenvalue weighted by molar-refractivity contribution is 5.72. The van der Waals surface area contributed by atoms with Crippen molar-refractivity contribution in [3.63, 3.8) is 0 Å². The van der Waals surface area contributed by atoms with Gasteiger partial charge in [-0.25, -0.2) is 0 Å². The summed E-state index contributed by atoms with van der Waals surface area (Å²) in [5.74, 6) is 0. The van der Waals surface area contributed by atoms with Crippen molar-refractivity contribution < 1.29 is 0 Å². The minimum Gasteiger partial charge on any atom is -0.341 e. The molecule has 3 aliphatic heterocycles. The number of benzene rings is 2. The van der Waals surface area contributed by atoms with Crippen molar-refractivity contribution in [1.82, 2.24) is 4.90 Å². The van der Waals surface area contributed by atoms with E-state index in [1.165, 1.54) is 33.9 Å². The van der Waals surface area contributed by atoms with Crippen LogP contribution in [0.25, 0.3) is 0 Å². The third-order valence-corrected chi connectivity index (χ3v) is 5.36. The van der Waals surface area contributed by atoms with Gasteiger partial charge in [0.15, 0.2) is 0 Å². The van der Waals surface area contributed by atoms with Crippen molar-refractivity contribution in [2.75, 3.05) is 36.5 Å². The molecule has 2 aromatic rings. The Bertz CT molecular complexity index is 808. The van der Waals surface area contributed by atoms with Gasteiger partial charge in [0.05, 0.1) is 5.70 Å². The molecular weight excluding hydrogens is 282 g/mol. The molecule has 0 atom stereocenters. The van der Waals surface area contributed by atoms with Crippen LogP contribution in [-0.2, 0) is 13.0 Å². The van der Waals surface area contributed by atoms with E-state index in [1.54, 1.807) is 0 Å². The van der Waals surface area contributed by atoms with Crippen molar-refractivity contribution in [1.29, 1.82) is 0 Å². The van der Waals surface area contributed by atoms with E-state index in [9.17, 15) is 0 Å². The van der Waals surface area contributed by atoms with E-state index in [0.717, 1.165) is 32.6 Å². The highest BCUT2D eigenvalue weighted by atomic mass is 15.3. The Hall–Kier alpha value is -2.26. The molecule has 1 saturated heterocycles. The van der Waals surface area contributed by atoms with Crippen LogP contribution in [0.1, 0.15) is 11.1 Å². The van der Waals surface area contributed by atoms with Crippen molar-refractivity contribution in [3.8, 4) is 0 Å². The lowest BCUT2D eigenvalue weighted by Crippen LogP contribution is -2.44. The first kappa shape index (κ1) is 13.2. The fraction of sp³-hybridized carbons (Fsp3) is 0.300. The van der Waals surface area contributed by atoms with Gasteiger partial charge in [0.2, 0.25) is 0 Å². The van der Waals surface area contributed by atoms with Gasteiger partial charge in [-0.1, -0.05) is 36.4 Å². The maximum atomic E-state index is 2.57. The maximum Gasteiger partial charge on any atom is 0.0522 e. The van der Waals surface area contributed by atoms with E-state index in [4.69, 9.17) is 0 Å². The summed E-state index contributed by atoms with van der Waals surface area (Å²) in [6.45, 7) is 4.22. The second-order valence-electron chi connectivity index (χ2n) is 6.80. The molecule has 116 valence electrons. The van der Waals surface area contributed by atoms with Gasteiger partial charge in [0.25, 0.3) is 0 Å². The lowest BCUT2D eigenvalue weighted by molar-refractivity contribution is 0.338. The third kappa shape index (κ3) is 1.93. The summed E-state index contributed by atoms with van der Waals surface area (Å²) in [6.07, 6.45) is 1.06. The molecule has 0 N–H and O–H groups in total. The Morgan fingerprint density at radius 2 is 1.39 bits per heavy atom. The Morgan fingerprint density at radius 1 is 0.696 bits per heavy atom. The molecule has 3 heteroatoms. The van der Waals surface area contributed by atoms with Gasteiger partial charge < -0.3 is 9.80 Å². The first-order valence-electron chi connectivity index (χ1n) is 8.43. The fourth-order valence-corrected chi connectivity index (χ4v) is 4.20. The number of hydrogen-bond acceptors (Lipinski definition) is 3. The predicted molar refractivity (Wildman–Crippen MR) is 94.6 cm³/mol. The quantitative estimate of drug-likeness (QED) is 0.740. The van der Waals surface area contributed by atoms with Crippen LogP contribution in [0.2, 0.25) is 0 Å². The molecule has 0 aromatic heterocycles. The summed E-state index contributed by atoms with van der Waals surface area (Å²) < 4.78 is 0. The monoisotopic (exact) mass is 303 g/mol. The standard InChI is InChI=1S/C20H21N3/c1-21-10-11-22-18-9-5-3-7-16(18)13-23-17-8-4-2-6-15(17)12-19(23)20(22)14-21/h2-9H,10-14H2,1H3. The van der Waals surface area contributed by atoms with E-state index in [2.05, 4.69) is 70.3 Å². The first-order valence-corrected chi connectivity index (χ1v) is 8.43. The predicted octanol–water partition coefficient (Wildman–Crippen LogP) is 3.23. The maximum absolute atomic E-state index is 2.57. The smallest absolute Gasteiger partial charge is 0.0522 e. The average molecular weight is 303 g/mol. The molecule has 0 unspecified atom stereocenters. The number of likely N-dealkylation sites (N-methyl/N-ethyl adjacent to an activating group) is 1. The normalized spacial score (nSPS) is 19.9. The Morgan fingerprint density at radius 3 is 2.22 bits per heavy atom. The van der Waals surface area contributed by atoms with E-state index in [-0.39, 0.29) is 0 Å². The molecular formula is C20H21N3. The Balaban J connectivity index is 1.73. The van der Waals surface area contributed by atoms with Crippen LogP contribution in [0, 0.1) is 0 Å². The van der Waals surface area contributed by atoms with Crippen molar-refractivity contribution in [2.24, 2.45) is 0 Å². The van der Waals surface area contributed by atoms with Crippen LogP contribution in [0.5, 0.6) is 0 Å². The number of anilines is 2. The molecule has 1 fully saturated rings. The van der Waals surface area contributed by atoms with Gasteiger partial charge in [-0.15, -0.1) is 0 Å². The molecule has 0 amide bonds. The largest absolute Gasteiger partial charge is 0.341 e. The first-order chi connectivity index (χ1) is 11.3. The molecule has 23 heavy (non-hydrogen) atoms. The van der Waals surface area contributed by atoms with Crippen LogP contribution >= 0.6 is 0 Å². The molecule has 3 nitrogen and oxygen atoms in total. The number of hydrogen-bond donors (Lipinski definition) is 0. The molecule has 0 saturated carbocycles. The summed E-state index contributed by atoms with van der Waals surface area (Å²) in [6, 6.07) is 17.8. The van der Waals surface area contributed by atoms with Crippen molar-refractivity contribution >= 4 is 11.4 Å². The summed E-state index contributed by atoms with van der Waals surface area (Å²) >= 11 is 0. The number of nitrogens with zero attached hydrogens (tertiary/aromatic N) is 3. The fourth-order valence-electron chi connectivity index (χ4n) is 4.20. The number of para-hydroxylation sites is 2. The molecule has 0 aliphatic carbocycles. The second-order valence-corrected chi connectivity index (χ2v) is 6.80. The zero-order valence-electron chi connectivity index (χ0n) is 13.5. The molecule has 0 spiro atoms. The van der Waals surface area contributed by atoms with Gasteiger partial charge in [0, 0.05) is 49.7 Å². The van der Waals surface area contributed by atoms with Crippen LogP contribution in [0.3, 0.4) is 0 Å². The average Bonchev–Trinajstić information content (AvgIpc) is 2.88. The highest BCUT2D eigenvalue weighted by Gasteiger charge is 2.34. The van der Waals surface area contributed by atoms with Gasteiger partial charge in [-0.2, -0.15) is 0 Å². The molecule has 0 bridgehead atoms. The van der Waals surface area contributed by atoms with Crippen LogP contribution in [0.4, 0.5) is 11.4 Å². The Kier molecular flexibility index (Phi) is 2.79. The van der Waals surface area contributed by atoms with Crippen LogP contribution in [-0.4, -0.2) is 31.6 Å².